The van der Waals surface area contributed by atoms with E-state index in [0.29, 0.717) is 6.04 Å². The van der Waals surface area contributed by atoms with Gasteiger partial charge in [-0.15, -0.1) is 0 Å². The zero-order valence-corrected chi connectivity index (χ0v) is 10.8. The fraction of sp³-hybridized carbons (Fsp3) is 0.833. The minimum atomic E-state index is -1.03. The lowest BCUT2D eigenvalue weighted by Gasteiger charge is -2.36. The van der Waals surface area contributed by atoms with Crippen molar-refractivity contribution < 1.29 is 19.4 Å². The van der Waals surface area contributed by atoms with E-state index in [1.165, 1.54) is 0 Å². The van der Waals surface area contributed by atoms with Crippen molar-refractivity contribution in [2.45, 2.75) is 38.3 Å². The molecule has 0 radical (unpaired) electrons. The van der Waals surface area contributed by atoms with E-state index in [4.69, 9.17) is 4.74 Å². The maximum atomic E-state index is 12.0. The Labute approximate surface area is 106 Å². The summed E-state index contributed by atoms with van der Waals surface area (Å²) in [6.07, 6.45) is 3.21. The van der Waals surface area contributed by atoms with Gasteiger partial charge in [-0.2, -0.15) is 0 Å². The first-order valence-electron chi connectivity index (χ1n) is 6.29. The monoisotopic (exact) mass is 256 g/mol. The number of carboxylic acids is 1. The van der Waals surface area contributed by atoms with Crippen LogP contribution in [0, 0.1) is 5.41 Å². The SMILES string of the molecule is CN(C(=O)NC1COCC1(C)C(=O)O)C1CCC1. The molecule has 1 aliphatic carbocycles. The highest BCUT2D eigenvalue weighted by molar-refractivity contribution is 5.79. The van der Waals surface area contributed by atoms with Gasteiger partial charge in [-0.05, 0) is 26.2 Å². The van der Waals surface area contributed by atoms with Gasteiger partial charge in [0, 0.05) is 13.1 Å². The largest absolute Gasteiger partial charge is 0.481 e. The molecule has 2 amide bonds. The Kier molecular flexibility index (Phi) is 3.47. The van der Waals surface area contributed by atoms with Gasteiger partial charge in [0.05, 0.1) is 19.3 Å². The molecule has 1 heterocycles. The van der Waals surface area contributed by atoms with Crippen LogP contribution >= 0.6 is 0 Å². The predicted molar refractivity (Wildman–Crippen MR) is 64.3 cm³/mol. The normalized spacial score (nSPS) is 31.8. The molecular formula is C12H20N2O4. The summed E-state index contributed by atoms with van der Waals surface area (Å²) >= 11 is 0. The summed E-state index contributed by atoms with van der Waals surface area (Å²) in [7, 11) is 1.76. The third kappa shape index (κ3) is 2.16. The van der Waals surface area contributed by atoms with E-state index < -0.39 is 17.4 Å². The predicted octanol–water partition coefficient (Wildman–Crippen LogP) is 0.670. The lowest BCUT2D eigenvalue weighted by atomic mass is 9.85. The van der Waals surface area contributed by atoms with Crippen LogP contribution in [0.15, 0.2) is 0 Å². The summed E-state index contributed by atoms with van der Waals surface area (Å²) < 4.78 is 5.20. The molecule has 2 atom stereocenters. The second kappa shape index (κ2) is 4.76. The standard InChI is InChI=1S/C12H20N2O4/c1-12(10(15)16)7-18-6-9(12)13-11(17)14(2)8-4-3-5-8/h8-9H,3-7H2,1-2H3,(H,13,17)(H,15,16). The van der Waals surface area contributed by atoms with Gasteiger partial charge in [0.2, 0.25) is 0 Å². The summed E-state index contributed by atoms with van der Waals surface area (Å²) in [6.45, 7) is 2.00. The second-order valence-corrected chi connectivity index (χ2v) is 5.44. The van der Waals surface area contributed by atoms with Crippen molar-refractivity contribution in [1.82, 2.24) is 10.2 Å². The van der Waals surface area contributed by atoms with E-state index in [-0.39, 0.29) is 19.2 Å². The number of urea groups is 1. The van der Waals surface area contributed by atoms with Crippen LogP contribution in [-0.2, 0) is 9.53 Å². The molecule has 2 fully saturated rings. The van der Waals surface area contributed by atoms with Crippen LogP contribution in [0.3, 0.4) is 0 Å². The maximum Gasteiger partial charge on any atom is 0.317 e. The first-order chi connectivity index (χ1) is 8.45. The lowest BCUT2D eigenvalue weighted by molar-refractivity contribution is -0.148. The summed E-state index contributed by atoms with van der Waals surface area (Å²) in [6, 6.07) is -0.379. The van der Waals surface area contributed by atoms with Crippen molar-refractivity contribution >= 4 is 12.0 Å². The Balaban J connectivity index is 1.95. The minimum absolute atomic E-state index is 0.139. The van der Waals surface area contributed by atoms with Crippen molar-refractivity contribution in [2.75, 3.05) is 20.3 Å². The molecular weight excluding hydrogens is 236 g/mol. The molecule has 2 aliphatic rings. The van der Waals surface area contributed by atoms with Crippen molar-refractivity contribution in [3.63, 3.8) is 0 Å². The third-order valence-electron chi connectivity index (χ3n) is 4.18. The minimum Gasteiger partial charge on any atom is -0.481 e. The zero-order valence-electron chi connectivity index (χ0n) is 10.8. The van der Waals surface area contributed by atoms with E-state index in [2.05, 4.69) is 5.32 Å². The van der Waals surface area contributed by atoms with Gasteiger partial charge in [0.15, 0.2) is 0 Å². The molecule has 2 N–H and O–H groups in total. The van der Waals surface area contributed by atoms with Crippen LogP contribution in [0.4, 0.5) is 4.79 Å². The number of aliphatic carboxylic acids is 1. The summed E-state index contributed by atoms with van der Waals surface area (Å²) in [5, 5.41) is 12.0. The van der Waals surface area contributed by atoms with E-state index >= 15 is 0 Å². The molecule has 2 rings (SSSR count). The Morgan fingerprint density at radius 3 is 2.61 bits per heavy atom. The molecule has 1 saturated carbocycles. The number of rotatable bonds is 3. The summed E-state index contributed by atoms with van der Waals surface area (Å²) in [4.78, 5) is 24.9. The van der Waals surface area contributed by atoms with Gasteiger partial charge >= 0.3 is 12.0 Å². The van der Waals surface area contributed by atoms with Crippen LogP contribution in [0.25, 0.3) is 0 Å². The van der Waals surface area contributed by atoms with Crippen molar-refractivity contribution in [2.24, 2.45) is 5.41 Å². The quantitative estimate of drug-likeness (QED) is 0.778. The fourth-order valence-corrected chi connectivity index (χ4v) is 2.28. The Morgan fingerprint density at radius 1 is 1.44 bits per heavy atom. The molecule has 6 heteroatoms. The summed E-state index contributed by atoms with van der Waals surface area (Å²) in [5.74, 6) is -0.934. The molecule has 102 valence electrons. The average molecular weight is 256 g/mol. The van der Waals surface area contributed by atoms with Crippen molar-refractivity contribution in [1.29, 1.82) is 0 Å². The van der Waals surface area contributed by atoms with E-state index in [1.807, 2.05) is 0 Å². The number of ether oxygens (including phenoxy) is 1. The maximum absolute atomic E-state index is 12.0. The van der Waals surface area contributed by atoms with Crippen LogP contribution < -0.4 is 5.32 Å². The van der Waals surface area contributed by atoms with E-state index in [1.54, 1.807) is 18.9 Å². The Bertz CT molecular complexity index is 356. The average Bonchev–Trinajstić information content (AvgIpc) is 2.59. The van der Waals surface area contributed by atoms with Crippen molar-refractivity contribution in [3.05, 3.63) is 0 Å². The molecule has 0 aromatic carbocycles. The number of carboxylic acid groups (broad SMARTS) is 1. The second-order valence-electron chi connectivity index (χ2n) is 5.44. The van der Waals surface area contributed by atoms with Crippen LogP contribution in [0.2, 0.25) is 0 Å². The third-order valence-corrected chi connectivity index (χ3v) is 4.18. The molecule has 2 unspecified atom stereocenters. The van der Waals surface area contributed by atoms with Gasteiger partial charge in [0.25, 0.3) is 0 Å². The molecule has 1 aliphatic heterocycles. The first-order valence-corrected chi connectivity index (χ1v) is 6.29. The fourth-order valence-electron chi connectivity index (χ4n) is 2.28. The zero-order chi connectivity index (χ0) is 13.3. The summed E-state index contributed by atoms with van der Waals surface area (Å²) in [5.41, 5.74) is -1.03. The van der Waals surface area contributed by atoms with Gasteiger partial charge in [-0.1, -0.05) is 0 Å². The van der Waals surface area contributed by atoms with Gasteiger partial charge in [-0.25, -0.2) is 4.79 Å². The van der Waals surface area contributed by atoms with Crippen molar-refractivity contribution in [3.8, 4) is 0 Å². The Morgan fingerprint density at radius 2 is 2.11 bits per heavy atom. The number of nitrogens with one attached hydrogen (secondary N) is 1. The van der Waals surface area contributed by atoms with Gasteiger partial charge in [-0.3, -0.25) is 4.79 Å². The molecule has 0 bridgehead atoms. The number of amides is 2. The highest BCUT2D eigenvalue weighted by Gasteiger charge is 2.47. The lowest BCUT2D eigenvalue weighted by Crippen LogP contribution is -2.55. The smallest absolute Gasteiger partial charge is 0.317 e. The van der Waals surface area contributed by atoms with Crippen LogP contribution in [0.1, 0.15) is 26.2 Å². The van der Waals surface area contributed by atoms with E-state index in [0.717, 1.165) is 19.3 Å². The highest BCUT2D eigenvalue weighted by atomic mass is 16.5. The number of hydrogen-bond acceptors (Lipinski definition) is 3. The molecule has 18 heavy (non-hydrogen) atoms. The number of hydrogen-bond donors (Lipinski definition) is 2. The van der Waals surface area contributed by atoms with Gasteiger partial charge in [0.1, 0.15) is 5.41 Å². The first kappa shape index (κ1) is 13.1. The topological polar surface area (TPSA) is 78.9 Å². The molecule has 0 aromatic heterocycles. The van der Waals surface area contributed by atoms with Crippen LogP contribution in [-0.4, -0.2) is 54.4 Å². The number of carbonyl (C=O) groups excluding carboxylic acids is 1. The molecule has 6 nitrogen and oxygen atoms in total. The molecule has 0 aromatic rings. The number of nitrogens with zero attached hydrogens (tertiary/aromatic N) is 1. The molecule has 1 saturated heterocycles. The number of carbonyl (C=O) groups is 2. The van der Waals surface area contributed by atoms with Gasteiger partial charge < -0.3 is 20.1 Å². The molecule has 0 spiro atoms. The Hall–Kier alpha value is -1.30. The van der Waals surface area contributed by atoms with Crippen LogP contribution in [0.5, 0.6) is 0 Å². The highest BCUT2D eigenvalue weighted by Crippen LogP contribution is 2.29. The van der Waals surface area contributed by atoms with E-state index in [9.17, 15) is 14.7 Å².